The average Bonchev–Trinajstić information content (AvgIpc) is 2.56. The molecule has 128 valence electrons. The number of nitrogens with zero attached hydrogens (tertiary/aromatic N) is 1. The van der Waals surface area contributed by atoms with Gasteiger partial charge in [0.25, 0.3) is 0 Å². The van der Waals surface area contributed by atoms with Crippen LogP contribution in [-0.4, -0.2) is 51.9 Å². The van der Waals surface area contributed by atoms with E-state index in [4.69, 9.17) is 25.8 Å². The van der Waals surface area contributed by atoms with Crippen molar-refractivity contribution >= 4 is 21.6 Å². The van der Waals surface area contributed by atoms with Gasteiger partial charge in [-0.3, -0.25) is 0 Å². The van der Waals surface area contributed by atoms with E-state index in [0.29, 0.717) is 49.9 Å². The summed E-state index contributed by atoms with van der Waals surface area (Å²) in [6.45, 7) is 2.01. The maximum Gasteiger partial charge on any atom is 0.246 e. The molecule has 1 aromatic rings. The summed E-state index contributed by atoms with van der Waals surface area (Å²) in [5.41, 5.74) is 0. The van der Waals surface area contributed by atoms with Crippen LogP contribution in [0.2, 0.25) is 5.02 Å². The highest BCUT2D eigenvalue weighted by molar-refractivity contribution is 7.89. The number of methoxy groups -OCH3 is 1. The average molecular weight is 362 g/mol. The Labute approximate surface area is 141 Å². The highest BCUT2D eigenvalue weighted by atomic mass is 35.5. The van der Waals surface area contributed by atoms with Gasteiger partial charge in [-0.1, -0.05) is 11.6 Å². The van der Waals surface area contributed by atoms with Gasteiger partial charge in [-0.05, 0) is 24.6 Å². The molecule has 0 aliphatic carbocycles. The third-order valence-corrected chi connectivity index (χ3v) is 6.40. The third kappa shape index (κ3) is 3.34. The zero-order valence-corrected chi connectivity index (χ0v) is 14.5. The maximum atomic E-state index is 12.9. The Morgan fingerprint density at radius 1 is 1.22 bits per heavy atom. The molecule has 2 saturated heterocycles. The van der Waals surface area contributed by atoms with Gasteiger partial charge in [0.15, 0.2) is 5.79 Å². The molecule has 0 N–H and O–H groups in total. The summed E-state index contributed by atoms with van der Waals surface area (Å²) in [5, 5.41) is 0.358. The molecule has 6 nitrogen and oxygen atoms in total. The van der Waals surface area contributed by atoms with Gasteiger partial charge in [-0.2, -0.15) is 4.31 Å². The number of sulfonamides is 1. The molecule has 2 aliphatic rings. The molecule has 3 rings (SSSR count). The Balaban J connectivity index is 1.80. The number of halogens is 1. The Hall–Kier alpha value is -0.860. The van der Waals surface area contributed by atoms with Crippen LogP contribution in [0.1, 0.15) is 19.3 Å². The monoisotopic (exact) mass is 361 g/mol. The zero-order valence-electron chi connectivity index (χ0n) is 13.0. The van der Waals surface area contributed by atoms with Crippen LogP contribution in [0.15, 0.2) is 23.1 Å². The lowest BCUT2D eigenvalue weighted by Crippen LogP contribution is -2.51. The second kappa shape index (κ2) is 6.57. The summed E-state index contributed by atoms with van der Waals surface area (Å²) in [5.74, 6) is -0.331. The molecule has 0 saturated carbocycles. The van der Waals surface area contributed by atoms with Crippen molar-refractivity contribution in [1.82, 2.24) is 4.31 Å². The number of piperidine rings is 1. The van der Waals surface area contributed by atoms with E-state index in [1.54, 1.807) is 12.1 Å². The highest BCUT2D eigenvalue weighted by Crippen LogP contribution is 2.35. The third-order valence-electron chi connectivity index (χ3n) is 4.25. The summed E-state index contributed by atoms with van der Waals surface area (Å²) < 4.78 is 43.9. The van der Waals surface area contributed by atoms with Crippen molar-refractivity contribution in [3.8, 4) is 5.75 Å². The predicted octanol–water partition coefficient (Wildman–Crippen LogP) is 2.27. The lowest BCUT2D eigenvalue weighted by Gasteiger charge is -2.42. The second-order valence-electron chi connectivity index (χ2n) is 5.66. The first-order valence-electron chi connectivity index (χ1n) is 7.58. The largest absolute Gasteiger partial charge is 0.495 e. The Morgan fingerprint density at radius 3 is 2.48 bits per heavy atom. The fraction of sp³-hybridized carbons (Fsp3) is 0.600. The van der Waals surface area contributed by atoms with Gasteiger partial charge in [0.1, 0.15) is 10.6 Å². The van der Waals surface area contributed by atoms with Crippen molar-refractivity contribution < 1.29 is 22.6 Å². The number of hydrogen-bond donors (Lipinski definition) is 0. The first-order chi connectivity index (χ1) is 11.0. The summed E-state index contributed by atoms with van der Waals surface area (Å²) in [4.78, 5) is 0.0916. The molecule has 2 aliphatic heterocycles. The van der Waals surface area contributed by atoms with E-state index in [1.807, 2.05) is 0 Å². The molecule has 0 atom stereocenters. The van der Waals surface area contributed by atoms with Crippen molar-refractivity contribution in [2.75, 3.05) is 33.4 Å². The molecule has 0 bridgehead atoms. The van der Waals surface area contributed by atoms with Crippen LogP contribution in [0, 0.1) is 0 Å². The predicted molar refractivity (Wildman–Crippen MR) is 85.2 cm³/mol. The van der Waals surface area contributed by atoms with Gasteiger partial charge in [0.05, 0.1) is 20.3 Å². The SMILES string of the molecule is COc1ccc(Cl)cc1S(=O)(=O)N1CCC2(CC1)OCCCO2. The molecule has 2 heterocycles. The molecule has 0 radical (unpaired) electrons. The first kappa shape index (κ1) is 17.0. The quantitative estimate of drug-likeness (QED) is 0.826. The van der Waals surface area contributed by atoms with E-state index in [9.17, 15) is 8.42 Å². The minimum atomic E-state index is -3.67. The second-order valence-corrected chi connectivity index (χ2v) is 8.00. The summed E-state index contributed by atoms with van der Waals surface area (Å²) >= 11 is 5.96. The summed E-state index contributed by atoms with van der Waals surface area (Å²) in [6.07, 6.45) is 1.92. The van der Waals surface area contributed by atoms with Crippen LogP contribution in [0.25, 0.3) is 0 Å². The normalized spacial score (nSPS) is 22.2. The number of hydrogen-bond acceptors (Lipinski definition) is 5. The van der Waals surface area contributed by atoms with Crippen LogP contribution in [0.4, 0.5) is 0 Å². The van der Waals surface area contributed by atoms with E-state index >= 15 is 0 Å². The standard InChI is InChI=1S/C15H20ClNO5S/c1-20-13-4-3-12(16)11-14(13)23(18,19)17-7-5-15(6-8-17)21-9-2-10-22-15/h3-4,11H,2,5-10H2,1H3. The van der Waals surface area contributed by atoms with Gasteiger partial charge in [-0.15, -0.1) is 0 Å². The summed E-state index contributed by atoms with van der Waals surface area (Å²) in [7, 11) is -2.23. The Morgan fingerprint density at radius 2 is 1.87 bits per heavy atom. The number of ether oxygens (including phenoxy) is 3. The number of rotatable bonds is 3. The van der Waals surface area contributed by atoms with Gasteiger partial charge in [0.2, 0.25) is 10.0 Å². The lowest BCUT2D eigenvalue weighted by atomic mass is 10.0. The maximum absolute atomic E-state index is 12.9. The van der Waals surface area contributed by atoms with E-state index in [0.717, 1.165) is 6.42 Å². The zero-order chi connectivity index (χ0) is 16.5. The molecule has 1 aromatic carbocycles. The van der Waals surface area contributed by atoms with Crippen LogP contribution >= 0.6 is 11.6 Å². The highest BCUT2D eigenvalue weighted by Gasteiger charge is 2.42. The van der Waals surface area contributed by atoms with Gasteiger partial charge in [-0.25, -0.2) is 8.42 Å². The van der Waals surface area contributed by atoms with Crippen LogP contribution in [-0.2, 0) is 19.5 Å². The summed E-state index contributed by atoms with van der Waals surface area (Å²) in [6, 6.07) is 4.59. The van der Waals surface area contributed by atoms with Crippen molar-refractivity contribution in [3.05, 3.63) is 23.2 Å². The van der Waals surface area contributed by atoms with Gasteiger partial charge in [0, 0.05) is 31.0 Å². The van der Waals surface area contributed by atoms with Crippen LogP contribution in [0.5, 0.6) is 5.75 Å². The molecule has 23 heavy (non-hydrogen) atoms. The minimum absolute atomic E-state index is 0.0916. The van der Waals surface area contributed by atoms with Crippen molar-refractivity contribution in [2.45, 2.75) is 29.9 Å². The first-order valence-corrected chi connectivity index (χ1v) is 9.40. The van der Waals surface area contributed by atoms with E-state index < -0.39 is 15.8 Å². The molecule has 0 amide bonds. The molecular weight excluding hydrogens is 342 g/mol. The number of benzene rings is 1. The molecule has 0 unspecified atom stereocenters. The fourth-order valence-electron chi connectivity index (χ4n) is 2.96. The Kier molecular flexibility index (Phi) is 4.85. The van der Waals surface area contributed by atoms with Gasteiger partial charge >= 0.3 is 0 Å². The molecular formula is C15H20ClNO5S. The smallest absolute Gasteiger partial charge is 0.246 e. The van der Waals surface area contributed by atoms with Crippen LogP contribution < -0.4 is 4.74 Å². The lowest BCUT2D eigenvalue weighted by molar-refractivity contribution is -0.280. The molecule has 0 aromatic heterocycles. The van der Waals surface area contributed by atoms with E-state index in [2.05, 4.69) is 0 Å². The molecule has 8 heteroatoms. The van der Waals surface area contributed by atoms with E-state index in [1.165, 1.54) is 17.5 Å². The fourth-order valence-corrected chi connectivity index (χ4v) is 4.82. The molecule has 2 fully saturated rings. The van der Waals surface area contributed by atoms with Crippen molar-refractivity contribution in [1.29, 1.82) is 0 Å². The van der Waals surface area contributed by atoms with Crippen molar-refractivity contribution in [3.63, 3.8) is 0 Å². The topological polar surface area (TPSA) is 65.1 Å². The van der Waals surface area contributed by atoms with Crippen LogP contribution in [0.3, 0.4) is 0 Å². The Bertz CT molecular complexity index is 662. The molecule has 1 spiro atoms. The van der Waals surface area contributed by atoms with E-state index in [-0.39, 0.29) is 4.90 Å². The van der Waals surface area contributed by atoms with Gasteiger partial charge < -0.3 is 14.2 Å². The van der Waals surface area contributed by atoms with Crippen molar-refractivity contribution in [2.24, 2.45) is 0 Å². The minimum Gasteiger partial charge on any atom is -0.495 e.